The Labute approximate surface area is 248 Å². The van der Waals surface area contributed by atoms with Gasteiger partial charge in [0.2, 0.25) is 0 Å². The molecule has 0 radical (unpaired) electrons. The van der Waals surface area contributed by atoms with Crippen LogP contribution in [-0.2, 0) is 6.54 Å². The second-order valence-electron chi connectivity index (χ2n) is 10.6. The molecule has 41 heavy (non-hydrogen) atoms. The molecule has 4 rings (SSSR count). The molecule has 2 heterocycles. The van der Waals surface area contributed by atoms with Gasteiger partial charge in [0.05, 0.1) is 11.3 Å². The number of hydrogen-bond acceptors (Lipinski definition) is 4. The van der Waals surface area contributed by atoms with Gasteiger partial charge in [0.15, 0.2) is 0 Å². The molecule has 1 fully saturated rings. The molecular weight excluding hydrogens is 534 g/mol. The number of urea groups is 1. The number of piperidine rings is 1. The fourth-order valence-electron chi connectivity index (χ4n) is 5.42. The summed E-state index contributed by atoms with van der Waals surface area (Å²) >= 11 is 6.01. The van der Waals surface area contributed by atoms with Gasteiger partial charge in [-0.2, -0.15) is 0 Å². The molecule has 3 amide bonds. The number of aryl methyl sites for hydroxylation is 2. The van der Waals surface area contributed by atoms with E-state index in [4.69, 9.17) is 18.0 Å². The van der Waals surface area contributed by atoms with Crippen molar-refractivity contribution in [1.29, 1.82) is 0 Å². The highest BCUT2D eigenvalue weighted by Gasteiger charge is 2.30. The zero-order valence-electron chi connectivity index (χ0n) is 24.0. The van der Waals surface area contributed by atoms with Crippen molar-refractivity contribution in [3.05, 3.63) is 93.8 Å². The molecular formula is C33H38ClN5O2. The van der Waals surface area contributed by atoms with E-state index in [9.17, 15) is 9.59 Å². The van der Waals surface area contributed by atoms with Crippen molar-refractivity contribution in [2.24, 2.45) is 0 Å². The SMILES string of the molecule is C#Cc1ccc(NC(=O)N(Cc2ccccc2)C2CCN([C@H](C)CCNC(=O)c3c(C)cc(Cl)nc3C)CC2)cc1. The van der Waals surface area contributed by atoms with Crippen molar-refractivity contribution in [1.82, 2.24) is 20.1 Å². The first kappa shape index (κ1) is 30.1. The Hall–Kier alpha value is -3.86. The van der Waals surface area contributed by atoms with E-state index < -0.39 is 0 Å². The number of pyridine rings is 1. The number of anilines is 1. The molecule has 1 saturated heterocycles. The maximum absolute atomic E-state index is 13.5. The molecule has 8 heteroatoms. The molecule has 0 saturated carbocycles. The van der Waals surface area contributed by atoms with E-state index in [2.05, 4.69) is 45.5 Å². The first-order valence-corrected chi connectivity index (χ1v) is 14.5. The van der Waals surface area contributed by atoms with Gasteiger partial charge in [-0.1, -0.05) is 47.9 Å². The van der Waals surface area contributed by atoms with Gasteiger partial charge in [0, 0.05) is 49.5 Å². The summed E-state index contributed by atoms with van der Waals surface area (Å²) in [5.41, 5.74) is 4.64. The zero-order chi connectivity index (χ0) is 29.4. The Morgan fingerprint density at radius 1 is 1.12 bits per heavy atom. The molecule has 0 unspecified atom stereocenters. The highest BCUT2D eigenvalue weighted by Crippen LogP contribution is 2.23. The van der Waals surface area contributed by atoms with Crippen LogP contribution >= 0.6 is 11.6 Å². The van der Waals surface area contributed by atoms with Crippen LogP contribution in [-0.4, -0.2) is 58.4 Å². The number of nitrogens with one attached hydrogen (secondary N) is 2. The third-order valence-corrected chi connectivity index (χ3v) is 7.96. The normalized spacial score (nSPS) is 14.6. The van der Waals surface area contributed by atoms with Gasteiger partial charge in [0.25, 0.3) is 5.91 Å². The minimum atomic E-state index is -0.119. The summed E-state index contributed by atoms with van der Waals surface area (Å²) in [4.78, 5) is 34.9. The summed E-state index contributed by atoms with van der Waals surface area (Å²) in [6.07, 6.45) is 8.05. The fraction of sp³-hybridized carbons (Fsp3) is 0.364. The van der Waals surface area contributed by atoms with Crippen LogP contribution in [0.15, 0.2) is 60.7 Å². The largest absolute Gasteiger partial charge is 0.352 e. The maximum atomic E-state index is 13.5. The van der Waals surface area contributed by atoms with E-state index in [-0.39, 0.29) is 18.0 Å². The van der Waals surface area contributed by atoms with Gasteiger partial charge in [-0.15, -0.1) is 6.42 Å². The van der Waals surface area contributed by atoms with Crippen LogP contribution in [0.25, 0.3) is 0 Å². The average molecular weight is 572 g/mol. The van der Waals surface area contributed by atoms with Gasteiger partial charge in [-0.05, 0) is 81.5 Å². The summed E-state index contributed by atoms with van der Waals surface area (Å²) < 4.78 is 0. The van der Waals surface area contributed by atoms with Crippen LogP contribution in [0.5, 0.6) is 0 Å². The molecule has 1 atom stereocenters. The van der Waals surface area contributed by atoms with Crippen molar-refractivity contribution in [2.75, 3.05) is 25.0 Å². The molecule has 2 N–H and O–H groups in total. The molecule has 2 aromatic carbocycles. The number of carbonyl (C=O) groups excluding carboxylic acids is 2. The monoisotopic (exact) mass is 571 g/mol. The molecule has 1 aliphatic heterocycles. The Bertz CT molecular complexity index is 1360. The quantitative estimate of drug-likeness (QED) is 0.242. The Morgan fingerprint density at radius 3 is 2.44 bits per heavy atom. The zero-order valence-corrected chi connectivity index (χ0v) is 24.7. The smallest absolute Gasteiger partial charge is 0.322 e. The number of aromatic nitrogens is 1. The van der Waals surface area contributed by atoms with Crippen LogP contribution in [0.3, 0.4) is 0 Å². The second kappa shape index (κ2) is 14.2. The Kier molecular flexibility index (Phi) is 10.4. The van der Waals surface area contributed by atoms with E-state index in [1.807, 2.05) is 54.3 Å². The van der Waals surface area contributed by atoms with E-state index in [1.54, 1.807) is 13.0 Å². The number of hydrogen-bond donors (Lipinski definition) is 2. The number of amides is 3. The predicted molar refractivity (Wildman–Crippen MR) is 165 cm³/mol. The number of terminal acetylenes is 1. The van der Waals surface area contributed by atoms with Crippen LogP contribution in [0.1, 0.15) is 58.9 Å². The summed E-state index contributed by atoms with van der Waals surface area (Å²) in [7, 11) is 0. The third-order valence-electron chi connectivity index (χ3n) is 7.76. The number of rotatable bonds is 9. The molecule has 0 spiro atoms. The Balaban J connectivity index is 1.32. The van der Waals surface area contributed by atoms with Gasteiger partial charge in [-0.3, -0.25) is 4.79 Å². The first-order valence-electron chi connectivity index (χ1n) is 14.1. The van der Waals surface area contributed by atoms with Crippen molar-refractivity contribution in [3.8, 4) is 12.3 Å². The molecule has 214 valence electrons. The summed E-state index contributed by atoms with van der Waals surface area (Å²) in [5.74, 6) is 2.49. The molecule has 3 aromatic rings. The van der Waals surface area contributed by atoms with Crippen molar-refractivity contribution in [2.45, 2.75) is 58.7 Å². The van der Waals surface area contributed by atoms with Crippen molar-refractivity contribution in [3.63, 3.8) is 0 Å². The number of likely N-dealkylation sites (tertiary alicyclic amines) is 1. The second-order valence-corrected chi connectivity index (χ2v) is 11.0. The molecule has 1 aliphatic rings. The highest BCUT2D eigenvalue weighted by atomic mass is 35.5. The topological polar surface area (TPSA) is 77.6 Å². The minimum absolute atomic E-state index is 0.112. The fourth-order valence-corrected chi connectivity index (χ4v) is 5.71. The first-order chi connectivity index (χ1) is 19.7. The summed E-state index contributed by atoms with van der Waals surface area (Å²) in [5, 5.41) is 6.50. The van der Waals surface area contributed by atoms with Gasteiger partial charge >= 0.3 is 6.03 Å². The van der Waals surface area contributed by atoms with Gasteiger partial charge in [-0.25, -0.2) is 9.78 Å². The van der Waals surface area contributed by atoms with Crippen LogP contribution in [0, 0.1) is 26.2 Å². The summed E-state index contributed by atoms with van der Waals surface area (Å²) in [6.45, 7) is 8.75. The number of benzene rings is 2. The van der Waals surface area contributed by atoms with E-state index in [0.717, 1.165) is 54.7 Å². The van der Waals surface area contributed by atoms with Crippen LogP contribution in [0.4, 0.5) is 10.5 Å². The number of halogens is 1. The van der Waals surface area contributed by atoms with Crippen LogP contribution < -0.4 is 10.6 Å². The van der Waals surface area contributed by atoms with Crippen molar-refractivity contribution >= 4 is 29.2 Å². The Morgan fingerprint density at radius 2 is 1.80 bits per heavy atom. The maximum Gasteiger partial charge on any atom is 0.322 e. The van der Waals surface area contributed by atoms with E-state index in [1.165, 1.54) is 0 Å². The molecule has 7 nitrogen and oxygen atoms in total. The van der Waals surface area contributed by atoms with Crippen LogP contribution in [0.2, 0.25) is 5.15 Å². The van der Waals surface area contributed by atoms with Crippen molar-refractivity contribution < 1.29 is 9.59 Å². The summed E-state index contributed by atoms with van der Waals surface area (Å²) in [6, 6.07) is 19.4. The van der Waals surface area contributed by atoms with Gasteiger partial charge in [0.1, 0.15) is 5.15 Å². The lowest BCUT2D eigenvalue weighted by atomic mass is 10.00. The predicted octanol–water partition coefficient (Wildman–Crippen LogP) is 6.04. The standard InChI is InChI=1S/C33H38ClN5O2/c1-5-26-11-13-28(14-12-26)37-33(41)39(22-27-9-7-6-8-10-27)29-16-19-38(20-17-29)24(3)15-18-35-32(40)31-23(2)21-30(34)36-25(31)4/h1,6-14,21,24,29H,15-20,22H2,2-4H3,(H,35,40)(H,37,41)/t24-/m1/s1. The average Bonchev–Trinajstić information content (AvgIpc) is 2.96. The lowest BCUT2D eigenvalue weighted by molar-refractivity contribution is 0.0918. The number of carbonyl (C=O) groups is 2. The molecule has 1 aromatic heterocycles. The third kappa shape index (κ3) is 8.09. The van der Waals surface area contributed by atoms with Gasteiger partial charge < -0.3 is 20.4 Å². The number of nitrogens with zero attached hydrogens (tertiary/aromatic N) is 3. The molecule has 0 aliphatic carbocycles. The van der Waals surface area contributed by atoms with E-state index in [0.29, 0.717) is 35.5 Å². The lowest BCUT2D eigenvalue weighted by Gasteiger charge is -2.40. The van der Waals surface area contributed by atoms with E-state index >= 15 is 0 Å². The lowest BCUT2D eigenvalue weighted by Crippen LogP contribution is -2.50. The molecule has 0 bridgehead atoms. The highest BCUT2D eigenvalue weighted by molar-refractivity contribution is 6.29. The minimum Gasteiger partial charge on any atom is -0.352 e.